The van der Waals surface area contributed by atoms with Crippen LogP contribution in [-0.4, -0.2) is 32.9 Å². The van der Waals surface area contributed by atoms with E-state index in [9.17, 15) is 14.4 Å². The molecule has 0 radical (unpaired) electrons. The SMILES string of the molecule is CCC(C)/C(C/C=C/C(=O)c1nn(C)c(=O)n(-c2cc(Cl)cc(Cl)c2)c1=O)=N/N=NC. The van der Waals surface area contributed by atoms with Gasteiger partial charge >= 0.3 is 5.69 Å². The monoisotopic (exact) mass is 464 g/mol. The zero-order chi connectivity index (χ0) is 23.1. The minimum Gasteiger partial charge on any atom is -0.287 e. The maximum absolute atomic E-state index is 12.9. The highest BCUT2D eigenvalue weighted by Gasteiger charge is 2.18. The van der Waals surface area contributed by atoms with Gasteiger partial charge in [0.15, 0.2) is 5.69 Å². The molecule has 0 saturated heterocycles. The fraction of sp³-hybridized carbons (Fsp3) is 0.350. The van der Waals surface area contributed by atoms with Crippen LogP contribution in [0.25, 0.3) is 5.69 Å². The van der Waals surface area contributed by atoms with E-state index in [0.29, 0.717) is 6.42 Å². The van der Waals surface area contributed by atoms with Crippen molar-refractivity contribution in [3.8, 4) is 5.69 Å². The molecule has 0 bridgehead atoms. The lowest BCUT2D eigenvalue weighted by Gasteiger charge is -2.09. The molecule has 0 aliphatic heterocycles. The van der Waals surface area contributed by atoms with Crippen molar-refractivity contribution in [2.45, 2.75) is 26.7 Å². The molecule has 2 rings (SSSR count). The van der Waals surface area contributed by atoms with Crippen molar-refractivity contribution in [1.29, 1.82) is 0 Å². The summed E-state index contributed by atoms with van der Waals surface area (Å²) >= 11 is 12.0. The van der Waals surface area contributed by atoms with Gasteiger partial charge < -0.3 is 0 Å². The molecule has 11 heteroatoms. The van der Waals surface area contributed by atoms with E-state index in [1.165, 1.54) is 38.4 Å². The smallest absolute Gasteiger partial charge is 0.287 e. The minimum atomic E-state index is -0.869. The number of carbonyl (C=O) groups excluding carboxylic acids is 1. The molecule has 9 nitrogen and oxygen atoms in total. The van der Waals surface area contributed by atoms with Gasteiger partial charge in [0.05, 0.1) is 12.7 Å². The Hall–Kier alpha value is -2.91. The molecule has 1 aromatic heterocycles. The van der Waals surface area contributed by atoms with Gasteiger partial charge in [0.25, 0.3) is 5.56 Å². The average molecular weight is 465 g/mol. The maximum atomic E-state index is 12.9. The lowest BCUT2D eigenvalue weighted by atomic mass is 10.00. The van der Waals surface area contributed by atoms with Gasteiger partial charge in [-0.3, -0.25) is 9.59 Å². The van der Waals surface area contributed by atoms with Crippen molar-refractivity contribution in [3.05, 3.63) is 66.9 Å². The van der Waals surface area contributed by atoms with Gasteiger partial charge in [-0.25, -0.2) is 14.0 Å². The van der Waals surface area contributed by atoms with Crippen molar-refractivity contribution in [1.82, 2.24) is 14.3 Å². The van der Waals surface area contributed by atoms with Crippen molar-refractivity contribution in [2.75, 3.05) is 7.05 Å². The van der Waals surface area contributed by atoms with Crippen molar-refractivity contribution in [3.63, 3.8) is 0 Å². The van der Waals surface area contributed by atoms with Crippen LogP contribution < -0.4 is 11.2 Å². The molecule has 0 spiro atoms. The van der Waals surface area contributed by atoms with Crippen LogP contribution in [0.1, 0.15) is 37.2 Å². The fourth-order valence-electron chi connectivity index (χ4n) is 2.67. The van der Waals surface area contributed by atoms with Crippen molar-refractivity contribution >= 4 is 34.7 Å². The summed E-state index contributed by atoms with van der Waals surface area (Å²) in [7, 11) is 2.86. The van der Waals surface area contributed by atoms with Gasteiger partial charge in [-0.2, -0.15) is 10.2 Å². The molecule has 0 aliphatic carbocycles. The lowest BCUT2D eigenvalue weighted by molar-refractivity contribution is 0.103. The molecule has 0 amide bonds. The highest BCUT2D eigenvalue weighted by Crippen LogP contribution is 2.20. The van der Waals surface area contributed by atoms with E-state index in [1.54, 1.807) is 6.08 Å². The Labute approximate surface area is 188 Å². The molecule has 0 N–H and O–H groups in total. The van der Waals surface area contributed by atoms with Gasteiger partial charge in [-0.05, 0) is 41.8 Å². The Morgan fingerprint density at radius 1 is 1.23 bits per heavy atom. The normalized spacial score (nSPS) is 13.3. The van der Waals surface area contributed by atoms with Crippen LogP contribution in [0.3, 0.4) is 0 Å². The minimum absolute atomic E-state index is 0.139. The second kappa shape index (κ2) is 10.9. The summed E-state index contributed by atoms with van der Waals surface area (Å²) in [6.07, 6.45) is 3.99. The number of hydrogen-bond acceptors (Lipinski definition) is 6. The third-order valence-electron chi connectivity index (χ3n) is 4.50. The molecule has 1 atom stereocenters. The summed E-state index contributed by atoms with van der Waals surface area (Å²) in [4.78, 5) is 38.1. The zero-order valence-electron chi connectivity index (χ0n) is 17.5. The van der Waals surface area contributed by atoms with Crippen LogP contribution in [0.2, 0.25) is 10.0 Å². The van der Waals surface area contributed by atoms with E-state index in [-0.39, 0.29) is 21.7 Å². The third-order valence-corrected chi connectivity index (χ3v) is 4.94. The fourth-order valence-corrected chi connectivity index (χ4v) is 3.18. The summed E-state index contributed by atoms with van der Waals surface area (Å²) < 4.78 is 1.71. The molecule has 0 fully saturated rings. The summed E-state index contributed by atoms with van der Waals surface area (Å²) in [6.45, 7) is 4.00. The Morgan fingerprint density at radius 2 is 1.87 bits per heavy atom. The Morgan fingerprint density at radius 3 is 2.45 bits per heavy atom. The van der Waals surface area contributed by atoms with Crippen LogP contribution in [0.4, 0.5) is 0 Å². The number of benzene rings is 1. The predicted molar refractivity (Wildman–Crippen MR) is 121 cm³/mol. The van der Waals surface area contributed by atoms with Crippen LogP contribution >= 0.6 is 23.2 Å². The number of aryl methyl sites for hydroxylation is 1. The summed E-state index contributed by atoms with van der Waals surface area (Å²) in [5, 5.41) is 15.6. The number of rotatable bonds is 8. The largest absolute Gasteiger partial charge is 0.351 e. The number of hydrogen-bond donors (Lipinski definition) is 0. The predicted octanol–water partition coefficient (Wildman–Crippen LogP) is 3.85. The third kappa shape index (κ3) is 6.05. The summed E-state index contributed by atoms with van der Waals surface area (Å²) in [5.74, 6) is -0.506. The number of allylic oxidation sites excluding steroid dienone is 2. The first-order valence-corrected chi connectivity index (χ1v) is 10.2. The number of carbonyl (C=O) groups is 1. The van der Waals surface area contributed by atoms with Gasteiger partial charge in [0.1, 0.15) is 0 Å². The Balaban J connectivity index is 2.44. The van der Waals surface area contributed by atoms with Crippen molar-refractivity contribution in [2.24, 2.45) is 28.4 Å². The molecule has 164 valence electrons. The van der Waals surface area contributed by atoms with E-state index in [4.69, 9.17) is 23.2 Å². The molecule has 0 saturated carbocycles. The lowest BCUT2D eigenvalue weighted by Crippen LogP contribution is -2.42. The van der Waals surface area contributed by atoms with Crippen LogP contribution in [0.5, 0.6) is 0 Å². The average Bonchev–Trinajstić information content (AvgIpc) is 2.71. The summed E-state index contributed by atoms with van der Waals surface area (Å²) in [6, 6.07) is 4.27. The molecule has 0 aliphatic rings. The highest BCUT2D eigenvalue weighted by atomic mass is 35.5. The molecular formula is C20H22Cl2N6O3. The Bertz CT molecular complexity index is 1160. The molecule has 1 heterocycles. The molecule has 31 heavy (non-hydrogen) atoms. The van der Waals surface area contributed by atoms with Gasteiger partial charge in [-0.1, -0.05) is 43.1 Å². The second-order valence-corrected chi connectivity index (χ2v) is 7.56. The summed E-state index contributed by atoms with van der Waals surface area (Å²) in [5.41, 5.74) is -1.13. The number of ketones is 1. The standard InChI is InChI=1S/C20H22Cl2N6O3/c1-5-12(2)16(24-26-23-3)7-6-8-17(29)18-19(30)28(20(31)27(4)25-18)15-10-13(21)9-14(22)11-15/h6,8-12H,5,7H2,1-4H3/b8-6+,24-16+,26-23?. The van der Waals surface area contributed by atoms with E-state index in [2.05, 4.69) is 20.5 Å². The van der Waals surface area contributed by atoms with Gasteiger partial charge in [-0.15, -0.1) is 5.10 Å². The second-order valence-electron chi connectivity index (χ2n) is 6.68. The van der Waals surface area contributed by atoms with Crippen LogP contribution in [0.15, 0.2) is 55.4 Å². The zero-order valence-corrected chi connectivity index (χ0v) is 19.1. The van der Waals surface area contributed by atoms with E-state index >= 15 is 0 Å². The van der Waals surface area contributed by atoms with E-state index in [0.717, 1.165) is 21.4 Å². The van der Waals surface area contributed by atoms with Gasteiger partial charge in [0.2, 0.25) is 5.78 Å². The quantitative estimate of drug-likeness (QED) is 0.194. The first-order chi connectivity index (χ1) is 14.7. The van der Waals surface area contributed by atoms with Gasteiger partial charge in [0, 0.05) is 29.2 Å². The first-order valence-electron chi connectivity index (χ1n) is 9.42. The molecule has 1 aromatic carbocycles. The van der Waals surface area contributed by atoms with Crippen LogP contribution in [0, 0.1) is 5.92 Å². The highest BCUT2D eigenvalue weighted by molar-refractivity contribution is 6.34. The molecular weight excluding hydrogens is 443 g/mol. The Kier molecular flexibility index (Phi) is 8.58. The maximum Gasteiger partial charge on any atom is 0.351 e. The van der Waals surface area contributed by atoms with E-state index < -0.39 is 22.7 Å². The topological polar surface area (TPSA) is 111 Å². The van der Waals surface area contributed by atoms with Crippen LogP contribution in [-0.2, 0) is 7.05 Å². The molecule has 1 unspecified atom stereocenters. The first kappa shape index (κ1) is 24.4. The number of aromatic nitrogens is 3. The van der Waals surface area contributed by atoms with E-state index in [1.807, 2.05) is 13.8 Å². The van der Waals surface area contributed by atoms with Crippen molar-refractivity contribution < 1.29 is 4.79 Å². The molecule has 2 aromatic rings. The number of nitrogens with zero attached hydrogens (tertiary/aromatic N) is 6. The number of halogens is 2.